The molecule has 0 saturated heterocycles. The molecule has 0 aliphatic carbocycles. The Kier molecular flexibility index (Phi) is 5.57. The molecule has 0 fully saturated rings. The fourth-order valence-corrected chi connectivity index (χ4v) is 3.88. The summed E-state index contributed by atoms with van der Waals surface area (Å²) in [6.45, 7) is 1.58. The standard InChI is InChI=1S/C20H21N5O3S/c1-27-16-8-6-15(7-9-16)24-10-11-25-19(24)22-23-20(25)29-13-18(26)21-14-4-3-5-17(12-14)28-2/h3-9,12H,10-11,13H2,1-2H3,(H,21,26). The van der Waals surface area contributed by atoms with Gasteiger partial charge >= 0.3 is 0 Å². The fourth-order valence-electron chi connectivity index (χ4n) is 3.12. The lowest BCUT2D eigenvalue weighted by Gasteiger charge is -2.15. The van der Waals surface area contributed by atoms with E-state index in [0.717, 1.165) is 35.6 Å². The molecule has 1 aromatic heterocycles. The second-order valence-corrected chi connectivity index (χ2v) is 7.30. The Morgan fingerprint density at radius 1 is 1.07 bits per heavy atom. The van der Waals surface area contributed by atoms with Gasteiger partial charge in [-0.3, -0.25) is 9.36 Å². The van der Waals surface area contributed by atoms with Gasteiger partial charge in [-0.1, -0.05) is 17.8 Å². The van der Waals surface area contributed by atoms with E-state index in [9.17, 15) is 4.79 Å². The van der Waals surface area contributed by atoms with Crippen LogP contribution in [0, 0.1) is 0 Å². The average molecular weight is 411 g/mol. The molecule has 1 aliphatic heterocycles. The Balaban J connectivity index is 1.39. The number of methoxy groups -OCH3 is 2. The summed E-state index contributed by atoms with van der Waals surface area (Å²) in [5, 5.41) is 12.2. The van der Waals surface area contributed by atoms with Crippen LogP contribution in [-0.4, -0.2) is 47.2 Å². The first-order chi connectivity index (χ1) is 14.2. The second-order valence-electron chi connectivity index (χ2n) is 6.35. The number of hydrogen-bond acceptors (Lipinski definition) is 7. The van der Waals surface area contributed by atoms with Gasteiger partial charge in [0.15, 0.2) is 5.16 Å². The number of thioether (sulfide) groups is 1. The Labute approximate surface area is 172 Å². The zero-order chi connectivity index (χ0) is 20.2. The number of carbonyl (C=O) groups excluding carboxylic acids is 1. The first-order valence-corrected chi connectivity index (χ1v) is 10.1. The van der Waals surface area contributed by atoms with Crippen molar-refractivity contribution < 1.29 is 14.3 Å². The van der Waals surface area contributed by atoms with Crippen molar-refractivity contribution in [1.82, 2.24) is 14.8 Å². The number of nitrogens with zero attached hydrogens (tertiary/aromatic N) is 4. The number of fused-ring (bicyclic) bond motifs is 1. The summed E-state index contributed by atoms with van der Waals surface area (Å²) in [5.41, 5.74) is 1.73. The van der Waals surface area contributed by atoms with Gasteiger partial charge in [0.05, 0.1) is 20.0 Å². The van der Waals surface area contributed by atoms with Crippen molar-refractivity contribution in [2.24, 2.45) is 0 Å². The summed E-state index contributed by atoms with van der Waals surface area (Å²) in [5.74, 6) is 2.44. The highest BCUT2D eigenvalue weighted by atomic mass is 32.2. The van der Waals surface area contributed by atoms with E-state index in [4.69, 9.17) is 9.47 Å². The Hall–Kier alpha value is -3.20. The first-order valence-electron chi connectivity index (χ1n) is 9.09. The van der Waals surface area contributed by atoms with Gasteiger partial charge in [0.2, 0.25) is 11.9 Å². The van der Waals surface area contributed by atoms with Crippen LogP contribution in [0.4, 0.5) is 17.3 Å². The lowest BCUT2D eigenvalue weighted by Crippen LogP contribution is -2.14. The minimum absolute atomic E-state index is 0.106. The number of benzene rings is 2. The van der Waals surface area contributed by atoms with Crippen molar-refractivity contribution in [3.63, 3.8) is 0 Å². The van der Waals surface area contributed by atoms with Crippen LogP contribution < -0.4 is 19.7 Å². The molecule has 150 valence electrons. The third-order valence-electron chi connectivity index (χ3n) is 4.56. The summed E-state index contributed by atoms with van der Waals surface area (Å²) in [6, 6.07) is 15.1. The second kappa shape index (κ2) is 8.44. The Bertz CT molecular complexity index is 1010. The number of ether oxygens (including phenoxy) is 2. The van der Waals surface area contributed by atoms with E-state index in [1.54, 1.807) is 20.3 Å². The Morgan fingerprint density at radius 3 is 2.62 bits per heavy atom. The normalized spacial score (nSPS) is 12.6. The number of nitrogens with one attached hydrogen (secondary N) is 1. The van der Waals surface area contributed by atoms with Gasteiger partial charge in [0, 0.05) is 30.5 Å². The average Bonchev–Trinajstić information content (AvgIpc) is 3.35. The molecule has 2 heterocycles. The number of anilines is 3. The van der Waals surface area contributed by atoms with E-state index in [2.05, 4.69) is 20.4 Å². The number of rotatable bonds is 7. The predicted molar refractivity (Wildman–Crippen MR) is 112 cm³/mol. The molecule has 0 bridgehead atoms. The van der Waals surface area contributed by atoms with Gasteiger partial charge in [0.25, 0.3) is 0 Å². The lowest BCUT2D eigenvalue weighted by molar-refractivity contribution is -0.113. The molecule has 4 rings (SSSR count). The zero-order valence-corrected chi connectivity index (χ0v) is 17.0. The molecule has 9 heteroatoms. The number of amides is 1. The predicted octanol–water partition coefficient (Wildman–Crippen LogP) is 3.18. The SMILES string of the molecule is COc1ccc(N2CCn3c(SCC(=O)Nc4cccc(OC)c4)nnc32)cc1. The van der Waals surface area contributed by atoms with E-state index in [0.29, 0.717) is 11.4 Å². The highest BCUT2D eigenvalue weighted by Gasteiger charge is 2.26. The molecule has 0 spiro atoms. The minimum Gasteiger partial charge on any atom is -0.497 e. The smallest absolute Gasteiger partial charge is 0.234 e. The third-order valence-corrected chi connectivity index (χ3v) is 5.52. The van der Waals surface area contributed by atoms with Crippen molar-refractivity contribution in [3.8, 4) is 11.5 Å². The van der Waals surface area contributed by atoms with Crippen LogP contribution in [0.15, 0.2) is 53.7 Å². The highest BCUT2D eigenvalue weighted by molar-refractivity contribution is 7.99. The van der Waals surface area contributed by atoms with Gasteiger partial charge < -0.3 is 19.7 Å². The lowest BCUT2D eigenvalue weighted by atomic mass is 10.3. The summed E-state index contributed by atoms with van der Waals surface area (Å²) < 4.78 is 12.4. The number of hydrogen-bond donors (Lipinski definition) is 1. The maximum Gasteiger partial charge on any atom is 0.234 e. The van der Waals surface area contributed by atoms with E-state index in [1.165, 1.54) is 11.8 Å². The van der Waals surface area contributed by atoms with Crippen LogP contribution in [0.3, 0.4) is 0 Å². The molecule has 29 heavy (non-hydrogen) atoms. The van der Waals surface area contributed by atoms with Crippen LogP contribution in [0.1, 0.15) is 0 Å². The molecule has 1 amide bonds. The zero-order valence-electron chi connectivity index (χ0n) is 16.2. The summed E-state index contributed by atoms with van der Waals surface area (Å²) in [4.78, 5) is 14.4. The number of aromatic nitrogens is 3. The van der Waals surface area contributed by atoms with Gasteiger partial charge in [0.1, 0.15) is 11.5 Å². The summed E-state index contributed by atoms with van der Waals surface area (Å²) in [7, 11) is 3.24. The molecule has 1 N–H and O–H groups in total. The largest absolute Gasteiger partial charge is 0.497 e. The first kappa shape index (κ1) is 19.1. The number of carbonyl (C=O) groups is 1. The molecular formula is C20H21N5O3S. The molecule has 0 radical (unpaired) electrons. The monoisotopic (exact) mass is 411 g/mol. The van der Waals surface area contributed by atoms with Crippen molar-refractivity contribution in [1.29, 1.82) is 0 Å². The third kappa shape index (κ3) is 4.14. The molecule has 1 aliphatic rings. The van der Waals surface area contributed by atoms with Crippen LogP contribution in [0.5, 0.6) is 11.5 Å². The Morgan fingerprint density at radius 2 is 1.86 bits per heavy atom. The van der Waals surface area contributed by atoms with Gasteiger partial charge in [-0.25, -0.2) is 0 Å². The highest BCUT2D eigenvalue weighted by Crippen LogP contribution is 2.32. The molecule has 0 saturated carbocycles. The fraction of sp³-hybridized carbons (Fsp3) is 0.250. The van der Waals surface area contributed by atoms with E-state index in [1.807, 2.05) is 47.0 Å². The molecule has 3 aromatic rings. The quantitative estimate of drug-likeness (QED) is 0.598. The van der Waals surface area contributed by atoms with Crippen LogP contribution in [0.2, 0.25) is 0 Å². The summed E-state index contributed by atoms with van der Waals surface area (Å²) in [6.07, 6.45) is 0. The minimum atomic E-state index is -0.106. The van der Waals surface area contributed by atoms with E-state index < -0.39 is 0 Å². The summed E-state index contributed by atoms with van der Waals surface area (Å²) >= 11 is 1.37. The van der Waals surface area contributed by atoms with Gasteiger partial charge in [-0.2, -0.15) is 0 Å². The molecule has 2 aromatic carbocycles. The molecule has 0 unspecified atom stereocenters. The van der Waals surface area contributed by atoms with Crippen LogP contribution in [-0.2, 0) is 11.3 Å². The van der Waals surface area contributed by atoms with Crippen molar-refractivity contribution >= 4 is 35.0 Å². The van der Waals surface area contributed by atoms with Crippen molar-refractivity contribution in [2.75, 3.05) is 36.7 Å². The maximum absolute atomic E-state index is 12.3. The van der Waals surface area contributed by atoms with Crippen molar-refractivity contribution in [2.45, 2.75) is 11.7 Å². The molecular weight excluding hydrogens is 390 g/mol. The van der Waals surface area contributed by atoms with E-state index in [-0.39, 0.29) is 11.7 Å². The van der Waals surface area contributed by atoms with Gasteiger partial charge in [-0.15, -0.1) is 10.2 Å². The van der Waals surface area contributed by atoms with Crippen molar-refractivity contribution in [3.05, 3.63) is 48.5 Å². The van der Waals surface area contributed by atoms with Gasteiger partial charge in [-0.05, 0) is 36.4 Å². The topological polar surface area (TPSA) is 81.5 Å². The maximum atomic E-state index is 12.3. The molecule has 0 atom stereocenters. The van der Waals surface area contributed by atoms with Crippen LogP contribution >= 0.6 is 11.8 Å². The van der Waals surface area contributed by atoms with E-state index >= 15 is 0 Å². The van der Waals surface area contributed by atoms with Crippen LogP contribution in [0.25, 0.3) is 0 Å². The molecule has 8 nitrogen and oxygen atoms in total.